The molecule has 20 heavy (non-hydrogen) atoms. The van der Waals surface area contributed by atoms with Crippen LogP contribution >= 0.6 is 0 Å². The van der Waals surface area contributed by atoms with Crippen LogP contribution in [0, 0.1) is 17.8 Å². The Kier molecular flexibility index (Phi) is 4.04. The molecule has 1 saturated carbocycles. The number of hydrogen-bond donors (Lipinski definition) is 2. The molecule has 4 heteroatoms. The SMILES string of the molecule is COc1ccc(C2(O)C[C@H](C)C(C(=O)O)[C@@H](C)C2)cc1. The summed E-state index contributed by atoms with van der Waals surface area (Å²) >= 11 is 0. The van der Waals surface area contributed by atoms with Crippen molar-refractivity contribution in [1.29, 1.82) is 0 Å². The normalized spacial score (nSPS) is 33.7. The van der Waals surface area contributed by atoms with Crippen molar-refractivity contribution in [2.24, 2.45) is 17.8 Å². The lowest BCUT2D eigenvalue weighted by molar-refractivity contribution is -0.152. The zero-order valence-corrected chi connectivity index (χ0v) is 12.2. The minimum absolute atomic E-state index is 0.0525. The van der Waals surface area contributed by atoms with Crippen molar-refractivity contribution >= 4 is 5.97 Å². The molecule has 2 rings (SSSR count). The summed E-state index contributed by atoms with van der Waals surface area (Å²) in [6.07, 6.45) is 0.946. The molecule has 0 aliphatic heterocycles. The fourth-order valence-electron chi connectivity index (χ4n) is 3.59. The Labute approximate surface area is 119 Å². The Morgan fingerprint density at radius 1 is 1.20 bits per heavy atom. The van der Waals surface area contributed by atoms with Gasteiger partial charge in [-0.1, -0.05) is 26.0 Å². The molecule has 0 unspecified atom stereocenters. The van der Waals surface area contributed by atoms with E-state index in [9.17, 15) is 15.0 Å². The summed E-state index contributed by atoms with van der Waals surface area (Å²) < 4.78 is 5.12. The quantitative estimate of drug-likeness (QED) is 0.892. The van der Waals surface area contributed by atoms with Crippen LogP contribution in [-0.4, -0.2) is 23.3 Å². The number of carboxylic acids is 1. The fourth-order valence-corrected chi connectivity index (χ4v) is 3.59. The van der Waals surface area contributed by atoms with E-state index >= 15 is 0 Å². The minimum atomic E-state index is -0.947. The number of benzene rings is 1. The van der Waals surface area contributed by atoms with Crippen molar-refractivity contribution in [3.05, 3.63) is 29.8 Å². The van der Waals surface area contributed by atoms with Crippen molar-refractivity contribution in [3.63, 3.8) is 0 Å². The Morgan fingerprint density at radius 3 is 2.10 bits per heavy atom. The molecule has 0 spiro atoms. The van der Waals surface area contributed by atoms with Crippen LogP contribution in [0.25, 0.3) is 0 Å². The lowest BCUT2D eigenvalue weighted by Crippen LogP contribution is -2.43. The standard InChI is InChI=1S/C16H22O4/c1-10-8-16(19,9-11(2)14(10)15(17)18)12-4-6-13(20-3)7-5-12/h4-7,10-11,14,19H,8-9H2,1-3H3,(H,17,18)/t10-,11-,14?,16?/m0/s1. The van der Waals surface area contributed by atoms with Crippen LogP contribution in [0.15, 0.2) is 24.3 Å². The zero-order valence-electron chi connectivity index (χ0n) is 12.2. The molecule has 1 aromatic carbocycles. The Bertz CT molecular complexity index is 468. The van der Waals surface area contributed by atoms with E-state index in [1.807, 2.05) is 38.1 Å². The Balaban J connectivity index is 2.25. The van der Waals surface area contributed by atoms with Crippen molar-refractivity contribution < 1.29 is 19.7 Å². The van der Waals surface area contributed by atoms with Gasteiger partial charge in [-0.25, -0.2) is 0 Å². The minimum Gasteiger partial charge on any atom is -0.497 e. The van der Waals surface area contributed by atoms with Crippen LogP contribution < -0.4 is 4.74 Å². The lowest BCUT2D eigenvalue weighted by atomic mass is 9.65. The fraction of sp³-hybridized carbons (Fsp3) is 0.562. The summed E-state index contributed by atoms with van der Waals surface area (Å²) in [6, 6.07) is 7.37. The summed E-state index contributed by atoms with van der Waals surface area (Å²) in [7, 11) is 1.60. The maximum absolute atomic E-state index is 11.3. The van der Waals surface area contributed by atoms with E-state index in [1.54, 1.807) is 7.11 Å². The van der Waals surface area contributed by atoms with Gasteiger partial charge in [0.15, 0.2) is 0 Å². The third-order valence-corrected chi connectivity index (χ3v) is 4.46. The molecule has 4 nitrogen and oxygen atoms in total. The highest BCUT2D eigenvalue weighted by Crippen LogP contribution is 2.45. The van der Waals surface area contributed by atoms with E-state index in [4.69, 9.17) is 4.74 Å². The highest BCUT2D eigenvalue weighted by Gasteiger charge is 2.45. The topological polar surface area (TPSA) is 66.8 Å². The second kappa shape index (κ2) is 5.44. The second-order valence-corrected chi connectivity index (χ2v) is 5.99. The van der Waals surface area contributed by atoms with E-state index in [2.05, 4.69) is 0 Å². The number of carbonyl (C=O) groups is 1. The van der Waals surface area contributed by atoms with Gasteiger partial charge in [-0.05, 0) is 42.4 Å². The zero-order chi connectivity index (χ0) is 14.9. The van der Waals surface area contributed by atoms with Gasteiger partial charge in [0.1, 0.15) is 5.75 Å². The third-order valence-electron chi connectivity index (χ3n) is 4.46. The van der Waals surface area contributed by atoms with Crippen molar-refractivity contribution in [1.82, 2.24) is 0 Å². The van der Waals surface area contributed by atoms with Crippen LogP contribution in [0.5, 0.6) is 5.75 Å². The molecule has 0 saturated heterocycles. The first-order valence-electron chi connectivity index (χ1n) is 6.97. The molecule has 110 valence electrons. The highest BCUT2D eigenvalue weighted by atomic mass is 16.5. The van der Waals surface area contributed by atoms with Gasteiger partial charge in [-0.3, -0.25) is 4.79 Å². The van der Waals surface area contributed by atoms with Gasteiger partial charge < -0.3 is 14.9 Å². The van der Waals surface area contributed by atoms with E-state index < -0.39 is 11.6 Å². The third kappa shape index (κ3) is 2.66. The van der Waals surface area contributed by atoms with Gasteiger partial charge in [0.05, 0.1) is 18.6 Å². The molecule has 0 bridgehead atoms. The van der Waals surface area contributed by atoms with Gasteiger partial charge >= 0.3 is 5.97 Å². The molecule has 1 aromatic rings. The van der Waals surface area contributed by atoms with Gasteiger partial charge in [0.2, 0.25) is 0 Å². The summed E-state index contributed by atoms with van der Waals surface area (Å²) in [4.78, 5) is 11.3. The predicted octanol–water partition coefficient (Wildman–Crippen LogP) is 2.65. The average Bonchev–Trinajstić information content (AvgIpc) is 2.37. The Morgan fingerprint density at radius 2 is 1.70 bits per heavy atom. The molecule has 1 fully saturated rings. The van der Waals surface area contributed by atoms with Crippen molar-refractivity contribution in [3.8, 4) is 5.75 Å². The van der Waals surface area contributed by atoms with Gasteiger partial charge in [0.25, 0.3) is 0 Å². The van der Waals surface area contributed by atoms with E-state index in [1.165, 1.54) is 0 Å². The number of hydrogen-bond acceptors (Lipinski definition) is 3. The molecule has 2 atom stereocenters. The first kappa shape index (κ1) is 14.9. The van der Waals surface area contributed by atoms with E-state index in [0.29, 0.717) is 12.8 Å². The van der Waals surface area contributed by atoms with Gasteiger partial charge in [-0.15, -0.1) is 0 Å². The number of rotatable bonds is 3. The number of carboxylic acid groups (broad SMARTS) is 1. The van der Waals surface area contributed by atoms with Crippen molar-refractivity contribution in [2.75, 3.05) is 7.11 Å². The molecule has 0 heterocycles. The van der Waals surface area contributed by atoms with Crippen LogP contribution in [0.1, 0.15) is 32.3 Å². The van der Waals surface area contributed by atoms with Crippen LogP contribution in [0.4, 0.5) is 0 Å². The van der Waals surface area contributed by atoms with Crippen LogP contribution in [-0.2, 0) is 10.4 Å². The monoisotopic (exact) mass is 278 g/mol. The van der Waals surface area contributed by atoms with Gasteiger partial charge in [-0.2, -0.15) is 0 Å². The first-order chi connectivity index (χ1) is 9.37. The van der Waals surface area contributed by atoms with E-state index in [0.717, 1.165) is 11.3 Å². The molecule has 2 N–H and O–H groups in total. The average molecular weight is 278 g/mol. The lowest BCUT2D eigenvalue weighted by Gasteiger charge is -2.42. The van der Waals surface area contributed by atoms with E-state index in [-0.39, 0.29) is 17.8 Å². The molecule has 1 aliphatic carbocycles. The summed E-state index contributed by atoms with van der Waals surface area (Å²) in [5.74, 6) is -0.500. The van der Waals surface area contributed by atoms with Crippen LogP contribution in [0.2, 0.25) is 0 Å². The number of aliphatic carboxylic acids is 1. The number of methoxy groups -OCH3 is 1. The summed E-state index contributed by atoms with van der Waals surface area (Å²) in [5, 5.41) is 20.2. The maximum atomic E-state index is 11.3. The summed E-state index contributed by atoms with van der Waals surface area (Å²) in [5.41, 5.74) is -0.113. The number of aliphatic hydroxyl groups is 1. The molecule has 0 aromatic heterocycles. The predicted molar refractivity (Wildman–Crippen MR) is 75.6 cm³/mol. The Hall–Kier alpha value is -1.55. The van der Waals surface area contributed by atoms with Crippen LogP contribution in [0.3, 0.4) is 0 Å². The highest BCUT2D eigenvalue weighted by molar-refractivity contribution is 5.71. The second-order valence-electron chi connectivity index (χ2n) is 5.99. The molecule has 1 aliphatic rings. The van der Waals surface area contributed by atoms with Gasteiger partial charge in [0, 0.05) is 0 Å². The molecular formula is C16H22O4. The smallest absolute Gasteiger partial charge is 0.307 e. The molecule has 0 amide bonds. The molecular weight excluding hydrogens is 256 g/mol. The maximum Gasteiger partial charge on any atom is 0.307 e. The number of ether oxygens (including phenoxy) is 1. The molecule has 0 radical (unpaired) electrons. The summed E-state index contributed by atoms with van der Waals surface area (Å²) in [6.45, 7) is 3.81. The van der Waals surface area contributed by atoms with Crippen molar-refractivity contribution in [2.45, 2.75) is 32.3 Å². The largest absolute Gasteiger partial charge is 0.497 e. The first-order valence-corrected chi connectivity index (χ1v) is 6.97.